The molecule has 2 nitrogen and oxygen atoms in total. The van der Waals surface area contributed by atoms with E-state index < -0.39 is 0 Å². The van der Waals surface area contributed by atoms with Crippen LogP contribution in [0.25, 0.3) is 0 Å². The van der Waals surface area contributed by atoms with Gasteiger partial charge in [-0.3, -0.25) is 0 Å². The van der Waals surface area contributed by atoms with E-state index >= 15 is 0 Å². The second-order valence-corrected chi connectivity index (χ2v) is 7.51. The molecule has 0 spiro atoms. The van der Waals surface area contributed by atoms with Crippen molar-refractivity contribution in [2.45, 2.75) is 53.5 Å². The van der Waals surface area contributed by atoms with Crippen LogP contribution in [0.5, 0.6) is 0 Å². The third-order valence-electron chi connectivity index (χ3n) is 3.33. The van der Waals surface area contributed by atoms with Gasteiger partial charge in [-0.05, 0) is 37.1 Å². The molecule has 0 aliphatic heterocycles. The van der Waals surface area contributed by atoms with Gasteiger partial charge in [-0.25, -0.2) is 4.98 Å². The quantitative estimate of drug-likeness (QED) is 0.888. The van der Waals surface area contributed by atoms with Crippen LogP contribution in [0.15, 0.2) is 0 Å². The number of thiazole rings is 1. The van der Waals surface area contributed by atoms with E-state index in [9.17, 15) is 0 Å². The average molecular weight is 252 g/mol. The Labute approximate surface area is 109 Å². The number of hydrogen-bond donors (Lipinski definition) is 1. The first-order valence-corrected chi connectivity index (χ1v) is 7.46. The van der Waals surface area contributed by atoms with Crippen LogP contribution >= 0.6 is 11.3 Å². The summed E-state index contributed by atoms with van der Waals surface area (Å²) in [5.74, 6) is 0.712. The van der Waals surface area contributed by atoms with Crippen molar-refractivity contribution >= 4 is 11.3 Å². The Morgan fingerprint density at radius 2 is 2.18 bits per heavy atom. The molecule has 96 valence electrons. The van der Waals surface area contributed by atoms with E-state index in [0.29, 0.717) is 11.3 Å². The summed E-state index contributed by atoms with van der Waals surface area (Å²) in [6.45, 7) is 11.2. The summed E-state index contributed by atoms with van der Waals surface area (Å²) >= 11 is 1.92. The Morgan fingerprint density at radius 3 is 2.88 bits per heavy atom. The lowest BCUT2D eigenvalue weighted by Gasteiger charge is -2.28. The minimum Gasteiger partial charge on any atom is -0.310 e. The van der Waals surface area contributed by atoms with Gasteiger partial charge in [0.1, 0.15) is 5.01 Å². The molecule has 0 aromatic carbocycles. The van der Waals surface area contributed by atoms with Crippen molar-refractivity contribution in [2.75, 3.05) is 6.54 Å². The summed E-state index contributed by atoms with van der Waals surface area (Å²) in [6.07, 6.45) is 3.66. The Kier molecular flexibility index (Phi) is 3.88. The zero-order chi connectivity index (χ0) is 12.5. The highest BCUT2D eigenvalue weighted by Gasteiger charge is 2.27. The van der Waals surface area contributed by atoms with Crippen LogP contribution in [0.1, 0.15) is 49.7 Å². The lowest BCUT2D eigenvalue weighted by molar-refractivity contribution is 0.316. The number of fused-ring (bicyclic) bond motifs is 1. The van der Waals surface area contributed by atoms with Crippen molar-refractivity contribution in [3.8, 4) is 0 Å². The molecule has 0 saturated heterocycles. The van der Waals surface area contributed by atoms with Gasteiger partial charge in [-0.1, -0.05) is 27.7 Å². The highest BCUT2D eigenvalue weighted by atomic mass is 32.1. The predicted octanol–water partition coefficient (Wildman–Crippen LogP) is 3.40. The summed E-state index contributed by atoms with van der Waals surface area (Å²) in [7, 11) is 0. The third kappa shape index (κ3) is 3.52. The molecule has 0 unspecified atom stereocenters. The van der Waals surface area contributed by atoms with Crippen LogP contribution in [0.4, 0.5) is 0 Å². The van der Waals surface area contributed by atoms with E-state index in [1.54, 1.807) is 0 Å². The summed E-state index contributed by atoms with van der Waals surface area (Å²) in [4.78, 5) is 6.30. The first-order valence-electron chi connectivity index (χ1n) is 6.64. The zero-order valence-electron chi connectivity index (χ0n) is 11.5. The normalized spacial score (nSPS) is 18.4. The minimum absolute atomic E-state index is 0.474. The molecule has 0 atom stereocenters. The van der Waals surface area contributed by atoms with Crippen LogP contribution in [0.3, 0.4) is 0 Å². The molecule has 1 aliphatic carbocycles. The lowest BCUT2D eigenvalue weighted by Crippen LogP contribution is -2.21. The molecular weight excluding hydrogens is 228 g/mol. The molecule has 0 fully saturated rings. The molecule has 1 N–H and O–H groups in total. The van der Waals surface area contributed by atoms with E-state index in [4.69, 9.17) is 4.98 Å². The van der Waals surface area contributed by atoms with Gasteiger partial charge in [0.2, 0.25) is 0 Å². The first-order chi connectivity index (χ1) is 7.96. The van der Waals surface area contributed by atoms with Gasteiger partial charge in [0.15, 0.2) is 0 Å². The molecular formula is C14H24N2S. The molecule has 0 bridgehead atoms. The summed E-state index contributed by atoms with van der Waals surface area (Å²) < 4.78 is 0. The van der Waals surface area contributed by atoms with Crippen LogP contribution in [0.2, 0.25) is 0 Å². The smallest absolute Gasteiger partial charge is 0.107 e. The molecule has 0 saturated carbocycles. The fourth-order valence-electron chi connectivity index (χ4n) is 2.29. The van der Waals surface area contributed by atoms with Gasteiger partial charge >= 0.3 is 0 Å². The Hall–Kier alpha value is -0.410. The second kappa shape index (κ2) is 5.07. The SMILES string of the molecule is CC(C)CNCc1nc2c(s1)CC(C)(C)CC2. The number of rotatable bonds is 4. The van der Waals surface area contributed by atoms with Gasteiger partial charge in [-0.2, -0.15) is 0 Å². The molecule has 1 aliphatic rings. The van der Waals surface area contributed by atoms with Gasteiger partial charge in [0.05, 0.1) is 5.69 Å². The minimum atomic E-state index is 0.474. The number of nitrogens with zero attached hydrogens (tertiary/aromatic N) is 1. The Bertz CT molecular complexity index is 380. The third-order valence-corrected chi connectivity index (χ3v) is 4.43. The monoisotopic (exact) mass is 252 g/mol. The van der Waals surface area contributed by atoms with Crippen molar-refractivity contribution in [1.82, 2.24) is 10.3 Å². The van der Waals surface area contributed by atoms with Gasteiger partial charge in [0.25, 0.3) is 0 Å². The number of hydrogen-bond acceptors (Lipinski definition) is 3. The summed E-state index contributed by atoms with van der Waals surface area (Å²) in [5.41, 5.74) is 1.85. The maximum absolute atomic E-state index is 4.77. The van der Waals surface area contributed by atoms with Crippen LogP contribution in [-0.2, 0) is 19.4 Å². The predicted molar refractivity (Wildman–Crippen MR) is 74.5 cm³/mol. The molecule has 17 heavy (non-hydrogen) atoms. The Balaban J connectivity index is 1.96. The van der Waals surface area contributed by atoms with Crippen molar-refractivity contribution in [3.63, 3.8) is 0 Å². The fraction of sp³-hybridized carbons (Fsp3) is 0.786. The standard InChI is InChI=1S/C14H24N2S/c1-10(2)8-15-9-13-16-11-5-6-14(3,4)7-12(11)17-13/h10,15H,5-9H2,1-4H3. The fourth-order valence-corrected chi connectivity index (χ4v) is 3.64. The van der Waals surface area contributed by atoms with E-state index in [1.807, 2.05) is 11.3 Å². The maximum atomic E-state index is 4.77. The molecule has 1 heterocycles. The lowest BCUT2D eigenvalue weighted by atomic mass is 9.79. The van der Waals surface area contributed by atoms with E-state index in [-0.39, 0.29) is 0 Å². The molecule has 0 radical (unpaired) electrons. The molecule has 1 aromatic heterocycles. The van der Waals surface area contributed by atoms with E-state index in [1.165, 1.54) is 34.8 Å². The van der Waals surface area contributed by atoms with Crippen molar-refractivity contribution in [3.05, 3.63) is 15.6 Å². The topological polar surface area (TPSA) is 24.9 Å². The number of aromatic nitrogens is 1. The summed E-state index contributed by atoms with van der Waals surface area (Å²) in [5, 5.41) is 4.75. The average Bonchev–Trinajstić information content (AvgIpc) is 2.57. The highest BCUT2D eigenvalue weighted by Crippen LogP contribution is 2.37. The van der Waals surface area contributed by atoms with Crippen molar-refractivity contribution in [1.29, 1.82) is 0 Å². The second-order valence-electron chi connectivity index (χ2n) is 6.34. The largest absolute Gasteiger partial charge is 0.310 e. The Morgan fingerprint density at radius 1 is 1.41 bits per heavy atom. The first kappa shape index (κ1) is 13.0. The van der Waals surface area contributed by atoms with Gasteiger partial charge < -0.3 is 5.32 Å². The van der Waals surface area contributed by atoms with Gasteiger partial charge in [0, 0.05) is 11.4 Å². The van der Waals surface area contributed by atoms with Crippen LogP contribution in [-0.4, -0.2) is 11.5 Å². The number of nitrogens with one attached hydrogen (secondary N) is 1. The van der Waals surface area contributed by atoms with E-state index in [2.05, 4.69) is 33.0 Å². The van der Waals surface area contributed by atoms with E-state index in [0.717, 1.165) is 13.1 Å². The van der Waals surface area contributed by atoms with Gasteiger partial charge in [-0.15, -0.1) is 11.3 Å². The molecule has 2 rings (SSSR count). The molecule has 3 heteroatoms. The number of aryl methyl sites for hydroxylation is 1. The van der Waals surface area contributed by atoms with Crippen molar-refractivity contribution < 1.29 is 0 Å². The highest BCUT2D eigenvalue weighted by molar-refractivity contribution is 7.11. The van der Waals surface area contributed by atoms with Crippen LogP contribution < -0.4 is 5.32 Å². The molecule has 0 amide bonds. The maximum Gasteiger partial charge on any atom is 0.107 e. The zero-order valence-corrected chi connectivity index (χ0v) is 12.3. The molecule has 1 aromatic rings. The van der Waals surface area contributed by atoms with Crippen LogP contribution in [0, 0.1) is 11.3 Å². The van der Waals surface area contributed by atoms with Crippen molar-refractivity contribution in [2.24, 2.45) is 11.3 Å². The summed E-state index contributed by atoms with van der Waals surface area (Å²) in [6, 6.07) is 0.